The Morgan fingerprint density at radius 3 is 2.32 bits per heavy atom. The maximum Gasteiger partial charge on any atom is 0.344 e. The summed E-state index contributed by atoms with van der Waals surface area (Å²) in [7, 11) is 1.82. The first kappa shape index (κ1) is 22.5. The number of benzene rings is 2. The lowest BCUT2D eigenvalue weighted by Crippen LogP contribution is -2.50. The van der Waals surface area contributed by atoms with Gasteiger partial charge in [0.2, 0.25) is 0 Å². The molecule has 2 N–H and O–H groups in total. The summed E-state index contributed by atoms with van der Waals surface area (Å²) in [6, 6.07) is 16.7. The first-order valence-electron chi connectivity index (χ1n) is 10.6. The molecular formula is C24H30N4O3. The molecule has 2 aromatic carbocycles. The summed E-state index contributed by atoms with van der Waals surface area (Å²) in [6.45, 7) is 6.75. The second kappa shape index (κ2) is 9.31. The third kappa shape index (κ3) is 4.77. The summed E-state index contributed by atoms with van der Waals surface area (Å²) >= 11 is 0. The van der Waals surface area contributed by atoms with Crippen LogP contribution in [0.2, 0.25) is 0 Å². The highest BCUT2D eigenvalue weighted by Gasteiger charge is 2.52. The average Bonchev–Trinajstić information content (AvgIpc) is 2.99. The van der Waals surface area contributed by atoms with Crippen LogP contribution in [0.5, 0.6) is 0 Å². The number of urea groups is 1. The zero-order valence-electron chi connectivity index (χ0n) is 18.5. The van der Waals surface area contributed by atoms with Gasteiger partial charge < -0.3 is 5.32 Å². The molecule has 1 atom stereocenters. The summed E-state index contributed by atoms with van der Waals surface area (Å²) in [5.74, 6) is -0.441. The smallest absolute Gasteiger partial charge is 0.318 e. The highest BCUT2D eigenvalue weighted by molar-refractivity contribution is 6.08. The van der Waals surface area contributed by atoms with Crippen LogP contribution in [0.3, 0.4) is 0 Å². The number of carbonyl (C=O) groups is 3. The molecule has 0 saturated carbocycles. The van der Waals surface area contributed by atoms with Crippen LogP contribution in [0.4, 0.5) is 4.79 Å². The Morgan fingerprint density at radius 1 is 1.10 bits per heavy atom. The predicted molar refractivity (Wildman–Crippen MR) is 119 cm³/mol. The van der Waals surface area contributed by atoms with E-state index >= 15 is 0 Å². The van der Waals surface area contributed by atoms with Crippen LogP contribution in [0.1, 0.15) is 49.8 Å². The number of hydrogen-bond acceptors (Lipinski definition) is 4. The number of carbonyl (C=O) groups excluding carboxylic acids is 3. The van der Waals surface area contributed by atoms with Crippen molar-refractivity contribution < 1.29 is 14.4 Å². The van der Waals surface area contributed by atoms with Crippen LogP contribution in [0.15, 0.2) is 54.6 Å². The van der Waals surface area contributed by atoms with E-state index in [-0.39, 0.29) is 6.54 Å². The minimum Gasteiger partial charge on any atom is -0.318 e. The van der Waals surface area contributed by atoms with Gasteiger partial charge in [0.05, 0.1) is 6.54 Å². The Kier molecular flexibility index (Phi) is 6.75. The van der Waals surface area contributed by atoms with Crippen molar-refractivity contribution in [1.82, 2.24) is 20.7 Å². The number of nitrogens with one attached hydrogen (secondary N) is 2. The van der Waals surface area contributed by atoms with Gasteiger partial charge in [-0.15, -0.1) is 0 Å². The van der Waals surface area contributed by atoms with Gasteiger partial charge in [0, 0.05) is 6.54 Å². The number of nitrogens with zero attached hydrogens (tertiary/aromatic N) is 2. The molecule has 3 rings (SSSR count). The van der Waals surface area contributed by atoms with Crippen LogP contribution >= 0.6 is 0 Å². The van der Waals surface area contributed by atoms with E-state index in [9.17, 15) is 14.4 Å². The molecule has 1 aliphatic rings. The van der Waals surface area contributed by atoms with E-state index in [0.29, 0.717) is 24.4 Å². The van der Waals surface area contributed by atoms with E-state index in [2.05, 4.69) is 48.9 Å². The molecule has 164 valence electrons. The van der Waals surface area contributed by atoms with Crippen molar-refractivity contribution in [2.45, 2.75) is 45.2 Å². The summed E-state index contributed by atoms with van der Waals surface area (Å²) < 4.78 is 0. The third-order valence-electron chi connectivity index (χ3n) is 5.64. The average molecular weight is 423 g/mol. The monoisotopic (exact) mass is 422 g/mol. The molecule has 4 amide bonds. The second-order valence-electron chi connectivity index (χ2n) is 8.30. The van der Waals surface area contributed by atoms with E-state index in [4.69, 9.17) is 0 Å². The maximum absolute atomic E-state index is 13.1. The molecule has 0 aliphatic carbocycles. The number of amides is 4. The van der Waals surface area contributed by atoms with Crippen molar-refractivity contribution in [1.29, 1.82) is 0 Å². The molecule has 7 nitrogen and oxygen atoms in total. The topological polar surface area (TPSA) is 81.8 Å². The Balaban J connectivity index is 1.62. The van der Waals surface area contributed by atoms with Crippen LogP contribution in [0, 0.1) is 0 Å². The normalized spacial score (nSPS) is 18.6. The van der Waals surface area contributed by atoms with E-state index < -0.39 is 23.4 Å². The minimum atomic E-state index is -1.17. The van der Waals surface area contributed by atoms with Crippen molar-refractivity contribution in [2.75, 3.05) is 13.6 Å². The Morgan fingerprint density at radius 2 is 1.74 bits per heavy atom. The van der Waals surface area contributed by atoms with Crippen LogP contribution in [0.25, 0.3) is 0 Å². The molecule has 0 radical (unpaired) electrons. The van der Waals surface area contributed by atoms with Crippen molar-refractivity contribution in [3.05, 3.63) is 71.3 Å². The van der Waals surface area contributed by atoms with Gasteiger partial charge in [-0.2, -0.15) is 5.01 Å². The van der Waals surface area contributed by atoms with Gasteiger partial charge in [-0.1, -0.05) is 75.4 Å². The number of hydrazine groups is 1. The summed E-state index contributed by atoms with van der Waals surface area (Å²) in [5, 5.41) is 3.55. The van der Waals surface area contributed by atoms with Gasteiger partial charge in [-0.3, -0.25) is 19.9 Å². The highest BCUT2D eigenvalue weighted by atomic mass is 16.2. The van der Waals surface area contributed by atoms with Gasteiger partial charge >= 0.3 is 6.03 Å². The standard InChI is InChI=1S/C24H30N4O3/c1-5-24(20-9-7-6-8-10-20)22(30)28(23(31)25-24)26-21(29)16-27(4)15-18-11-13-19(14-12-18)17(2)3/h6-14,17H,5,15-16H2,1-4H3,(H,25,31)(H,26,29)/t24-/m0/s1. The molecule has 1 fully saturated rings. The molecule has 1 heterocycles. The molecule has 2 aromatic rings. The quantitative estimate of drug-likeness (QED) is 0.641. The SMILES string of the molecule is CC[C@@]1(c2ccccc2)NC(=O)N(NC(=O)CN(C)Cc2ccc(C(C)C)cc2)C1=O. The maximum atomic E-state index is 13.1. The first-order valence-corrected chi connectivity index (χ1v) is 10.6. The van der Waals surface area contributed by atoms with Gasteiger partial charge in [-0.25, -0.2) is 4.79 Å². The summed E-state index contributed by atoms with van der Waals surface area (Å²) in [6.07, 6.45) is 0.375. The lowest BCUT2D eigenvalue weighted by molar-refractivity contribution is -0.139. The largest absolute Gasteiger partial charge is 0.344 e. The molecule has 1 aliphatic heterocycles. The molecule has 0 spiro atoms. The number of hydrogen-bond donors (Lipinski definition) is 2. The molecule has 0 unspecified atom stereocenters. The van der Waals surface area contributed by atoms with Gasteiger partial charge in [-0.05, 0) is 36.1 Å². The number of likely N-dealkylation sites (N-methyl/N-ethyl adjacent to an activating group) is 1. The van der Waals surface area contributed by atoms with E-state index in [1.54, 1.807) is 12.1 Å². The van der Waals surface area contributed by atoms with E-state index in [1.807, 2.05) is 37.1 Å². The second-order valence-corrected chi connectivity index (χ2v) is 8.30. The summed E-state index contributed by atoms with van der Waals surface area (Å²) in [5.41, 5.74) is 4.34. The van der Waals surface area contributed by atoms with Gasteiger partial charge in [0.1, 0.15) is 5.54 Å². The van der Waals surface area contributed by atoms with E-state index in [1.165, 1.54) is 5.56 Å². The van der Waals surface area contributed by atoms with Crippen molar-refractivity contribution in [2.24, 2.45) is 0 Å². The predicted octanol–water partition coefficient (Wildman–Crippen LogP) is 3.13. The van der Waals surface area contributed by atoms with Gasteiger partial charge in [0.15, 0.2) is 0 Å². The Bertz CT molecular complexity index is 943. The minimum absolute atomic E-state index is 0.0491. The molecular weight excluding hydrogens is 392 g/mol. The number of rotatable bonds is 8. The third-order valence-corrected chi connectivity index (χ3v) is 5.64. The van der Waals surface area contributed by atoms with Crippen molar-refractivity contribution >= 4 is 17.8 Å². The van der Waals surface area contributed by atoms with Crippen molar-refractivity contribution in [3.8, 4) is 0 Å². The van der Waals surface area contributed by atoms with Crippen LogP contribution in [-0.4, -0.2) is 41.3 Å². The highest BCUT2D eigenvalue weighted by Crippen LogP contribution is 2.31. The zero-order valence-corrected chi connectivity index (χ0v) is 18.5. The molecule has 0 aromatic heterocycles. The summed E-state index contributed by atoms with van der Waals surface area (Å²) in [4.78, 5) is 40.0. The zero-order chi connectivity index (χ0) is 22.6. The molecule has 1 saturated heterocycles. The molecule has 31 heavy (non-hydrogen) atoms. The lowest BCUT2D eigenvalue weighted by Gasteiger charge is -2.25. The van der Waals surface area contributed by atoms with Crippen LogP contribution in [-0.2, 0) is 21.7 Å². The first-order chi connectivity index (χ1) is 14.8. The number of imide groups is 1. The fourth-order valence-electron chi connectivity index (χ4n) is 3.82. The fraction of sp³-hybridized carbons (Fsp3) is 0.375. The Hall–Kier alpha value is -3.19. The van der Waals surface area contributed by atoms with Gasteiger partial charge in [0.25, 0.3) is 11.8 Å². The fourth-order valence-corrected chi connectivity index (χ4v) is 3.82. The Labute approximate surface area is 183 Å². The lowest BCUT2D eigenvalue weighted by atomic mass is 9.87. The molecule has 7 heteroatoms. The van der Waals surface area contributed by atoms with Crippen LogP contribution < -0.4 is 10.7 Å². The van der Waals surface area contributed by atoms with Crippen molar-refractivity contribution in [3.63, 3.8) is 0 Å². The van der Waals surface area contributed by atoms with E-state index in [0.717, 1.165) is 10.6 Å². The molecule has 0 bridgehead atoms.